The topological polar surface area (TPSA) is 46.5 Å². The zero-order valence-electron chi connectivity index (χ0n) is 9.67. The van der Waals surface area contributed by atoms with E-state index in [2.05, 4.69) is 0 Å². The number of hydrogen-bond acceptors (Lipinski definition) is 3. The fraction of sp³-hybridized carbons (Fsp3) is 0.133. The van der Waals surface area contributed by atoms with Crippen molar-refractivity contribution in [2.24, 2.45) is 0 Å². The number of hydrogen-bond donors (Lipinski definition) is 1. The van der Waals surface area contributed by atoms with Crippen LogP contribution in [0.5, 0.6) is 11.5 Å². The van der Waals surface area contributed by atoms with Crippen LogP contribution in [0.25, 0.3) is 0 Å². The molecule has 0 aromatic heterocycles. The number of phenols is 1. The maximum absolute atomic E-state index is 12.1. The van der Waals surface area contributed by atoms with Gasteiger partial charge >= 0.3 is 0 Å². The van der Waals surface area contributed by atoms with Crippen LogP contribution in [0.2, 0.25) is 0 Å². The van der Waals surface area contributed by atoms with Crippen molar-refractivity contribution >= 4 is 5.78 Å². The molecule has 0 amide bonds. The Morgan fingerprint density at radius 2 is 1.83 bits per heavy atom. The molecule has 3 rings (SSSR count). The minimum atomic E-state index is -0.569. The molecule has 0 spiro atoms. The Balaban J connectivity index is 2.00. The SMILES string of the molecule is O=C1Cc2c(O)cccc2OC1c1ccccc1. The van der Waals surface area contributed by atoms with Crippen molar-refractivity contribution in [1.29, 1.82) is 0 Å². The summed E-state index contributed by atoms with van der Waals surface area (Å²) in [6.45, 7) is 0. The van der Waals surface area contributed by atoms with E-state index >= 15 is 0 Å². The van der Waals surface area contributed by atoms with E-state index in [1.54, 1.807) is 18.2 Å². The molecule has 0 fully saturated rings. The number of carbonyl (C=O) groups excluding carboxylic acids is 1. The van der Waals surface area contributed by atoms with Crippen LogP contribution in [-0.2, 0) is 11.2 Å². The van der Waals surface area contributed by atoms with Crippen LogP contribution >= 0.6 is 0 Å². The minimum absolute atomic E-state index is 0.0322. The van der Waals surface area contributed by atoms with E-state index in [1.165, 1.54) is 0 Å². The Morgan fingerprint density at radius 1 is 1.06 bits per heavy atom. The van der Waals surface area contributed by atoms with Crippen molar-refractivity contribution < 1.29 is 14.6 Å². The van der Waals surface area contributed by atoms with Gasteiger partial charge < -0.3 is 9.84 Å². The summed E-state index contributed by atoms with van der Waals surface area (Å²) < 4.78 is 5.70. The van der Waals surface area contributed by atoms with Crippen molar-refractivity contribution in [3.8, 4) is 11.5 Å². The predicted molar refractivity (Wildman–Crippen MR) is 66.6 cm³/mol. The number of fused-ring (bicyclic) bond motifs is 1. The number of phenolic OH excluding ortho intramolecular Hbond substituents is 1. The Hall–Kier alpha value is -2.29. The van der Waals surface area contributed by atoms with E-state index in [4.69, 9.17) is 4.74 Å². The molecule has 0 saturated carbocycles. The van der Waals surface area contributed by atoms with E-state index in [1.807, 2.05) is 30.3 Å². The molecule has 2 aromatic rings. The number of Topliss-reactive ketones (excluding diaryl/α,β-unsaturated/α-hetero) is 1. The summed E-state index contributed by atoms with van der Waals surface area (Å²) in [6, 6.07) is 14.5. The zero-order valence-corrected chi connectivity index (χ0v) is 9.67. The second-order valence-corrected chi connectivity index (χ2v) is 4.31. The average Bonchev–Trinajstić information content (AvgIpc) is 2.40. The van der Waals surface area contributed by atoms with E-state index in [9.17, 15) is 9.90 Å². The second-order valence-electron chi connectivity index (χ2n) is 4.31. The van der Waals surface area contributed by atoms with Gasteiger partial charge in [-0.05, 0) is 17.7 Å². The molecular formula is C15H12O3. The van der Waals surface area contributed by atoms with Gasteiger partial charge in [0.15, 0.2) is 11.9 Å². The highest BCUT2D eigenvalue weighted by Gasteiger charge is 2.30. The largest absolute Gasteiger partial charge is 0.508 e. The molecule has 0 saturated heterocycles. The second kappa shape index (κ2) is 4.18. The van der Waals surface area contributed by atoms with Gasteiger partial charge in [0.1, 0.15) is 11.5 Å². The third-order valence-corrected chi connectivity index (χ3v) is 3.10. The summed E-state index contributed by atoms with van der Waals surface area (Å²) in [5, 5.41) is 9.70. The monoisotopic (exact) mass is 240 g/mol. The molecular weight excluding hydrogens is 228 g/mol. The molecule has 0 radical (unpaired) electrons. The van der Waals surface area contributed by atoms with Crippen molar-refractivity contribution in [3.63, 3.8) is 0 Å². The molecule has 18 heavy (non-hydrogen) atoms. The molecule has 1 heterocycles. The molecule has 1 atom stereocenters. The first-order chi connectivity index (χ1) is 8.75. The third kappa shape index (κ3) is 1.74. The number of aromatic hydroxyl groups is 1. The predicted octanol–water partition coefficient (Wildman–Crippen LogP) is 2.64. The van der Waals surface area contributed by atoms with Gasteiger partial charge in [0.25, 0.3) is 0 Å². The van der Waals surface area contributed by atoms with Gasteiger partial charge in [0, 0.05) is 12.0 Å². The lowest BCUT2D eigenvalue weighted by Gasteiger charge is -2.25. The fourth-order valence-corrected chi connectivity index (χ4v) is 2.18. The van der Waals surface area contributed by atoms with Gasteiger partial charge in [-0.25, -0.2) is 0 Å². The molecule has 0 bridgehead atoms. The molecule has 90 valence electrons. The number of carbonyl (C=O) groups is 1. The van der Waals surface area contributed by atoms with Gasteiger partial charge in [-0.2, -0.15) is 0 Å². The minimum Gasteiger partial charge on any atom is -0.508 e. The van der Waals surface area contributed by atoms with E-state index in [-0.39, 0.29) is 18.0 Å². The molecule has 1 unspecified atom stereocenters. The Kier molecular flexibility index (Phi) is 2.52. The molecule has 2 aromatic carbocycles. The van der Waals surface area contributed by atoms with Crippen molar-refractivity contribution in [2.45, 2.75) is 12.5 Å². The third-order valence-electron chi connectivity index (χ3n) is 3.10. The lowest BCUT2D eigenvalue weighted by atomic mass is 9.96. The summed E-state index contributed by atoms with van der Waals surface area (Å²) in [6.07, 6.45) is -0.359. The van der Waals surface area contributed by atoms with E-state index in [0.29, 0.717) is 11.3 Å². The maximum Gasteiger partial charge on any atom is 0.182 e. The molecule has 1 aliphatic heterocycles. The van der Waals surface area contributed by atoms with Crippen LogP contribution in [-0.4, -0.2) is 10.9 Å². The van der Waals surface area contributed by atoms with Crippen molar-refractivity contribution in [2.75, 3.05) is 0 Å². The first kappa shape index (κ1) is 10.8. The van der Waals surface area contributed by atoms with Crippen molar-refractivity contribution in [1.82, 2.24) is 0 Å². The van der Waals surface area contributed by atoms with Crippen LogP contribution in [0.1, 0.15) is 17.2 Å². The smallest absolute Gasteiger partial charge is 0.182 e. The molecule has 0 aliphatic carbocycles. The zero-order chi connectivity index (χ0) is 12.5. The summed E-state index contributed by atoms with van der Waals surface area (Å²) in [7, 11) is 0. The molecule has 3 heteroatoms. The lowest BCUT2D eigenvalue weighted by Crippen LogP contribution is -2.25. The molecule has 3 nitrogen and oxygen atoms in total. The number of benzene rings is 2. The van der Waals surface area contributed by atoms with Crippen LogP contribution in [0.15, 0.2) is 48.5 Å². The molecule has 1 aliphatic rings. The Labute approximate surface area is 105 Å². The Bertz CT molecular complexity index is 590. The first-order valence-electron chi connectivity index (χ1n) is 5.81. The number of rotatable bonds is 1. The number of ketones is 1. The van der Waals surface area contributed by atoms with Gasteiger partial charge in [0.2, 0.25) is 0 Å². The standard InChI is InChI=1S/C15H12O3/c16-12-7-4-8-14-11(12)9-13(17)15(18-14)10-5-2-1-3-6-10/h1-8,15-16H,9H2. The van der Waals surface area contributed by atoms with Crippen molar-refractivity contribution in [3.05, 3.63) is 59.7 Å². The Morgan fingerprint density at radius 3 is 2.61 bits per heavy atom. The highest BCUT2D eigenvalue weighted by atomic mass is 16.5. The van der Waals surface area contributed by atoms with Gasteiger partial charge in [0.05, 0.1) is 0 Å². The fourth-order valence-electron chi connectivity index (χ4n) is 2.18. The highest BCUT2D eigenvalue weighted by molar-refractivity contribution is 5.89. The van der Waals surface area contributed by atoms with Gasteiger partial charge in [-0.15, -0.1) is 0 Å². The van der Waals surface area contributed by atoms with Crippen LogP contribution in [0.3, 0.4) is 0 Å². The van der Waals surface area contributed by atoms with E-state index in [0.717, 1.165) is 5.56 Å². The summed E-state index contributed by atoms with van der Waals surface area (Å²) in [5.41, 5.74) is 1.42. The normalized spacial score (nSPS) is 18.0. The number of ether oxygens (including phenoxy) is 1. The first-order valence-corrected chi connectivity index (χ1v) is 5.81. The summed E-state index contributed by atoms with van der Waals surface area (Å²) in [5.74, 6) is 0.672. The van der Waals surface area contributed by atoms with Crippen LogP contribution in [0, 0.1) is 0 Å². The van der Waals surface area contributed by atoms with Gasteiger partial charge in [-0.1, -0.05) is 36.4 Å². The summed E-state index contributed by atoms with van der Waals surface area (Å²) in [4.78, 5) is 12.1. The quantitative estimate of drug-likeness (QED) is 0.833. The highest BCUT2D eigenvalue weighted by Crippen LogP contribution is 2.37. The molecule has 1 N–H and O–H groups in total. The average molecular weight is 240 g/mol. The van der Waals surface area contributed by atoms with Crippen LogP contribution < -0.4 is 4.74 Å². The summed E-state index contributed by atoms with van der Waals surface area (Å²) >= 11 is 0. The van der Waals surface area contributed by atoms with Crippen LogP contribution in [0.4, 0.5) is 0 Å². The lowest BCUT2D eigenvalue weighted by molar-refractivity contribution is -0.126. The van der Waals surface area contributed by atoms with E-state index < -0.39 is 6.10 Å². The maximum atomic E-state index is 12.1. The van der Waals surface area contributed by atoms with Gasteiger partial charge in [-0.3, -0.25) is 4.79 Å².